The molecule has 1 amide bonds. The summed E-state index contributed by atoms with van der Waals surface area (Å²) < 4.78 is 11.4. The van der Waals surface area contributed by atoms with Crippen LogP contribution in [0.1, 0.15) is 18.9 Å². The summed E-state index contributed by atoms with van der Waals surface area (Å²) in [6.07, 6.45) is 1.81. The number of benzene rings is 3. The molecule has 0 saturated heterocycles. The SMILES string of the molecule is CCCOc1ccc(NC(=O)CNc2cccc(OCCc3ccccc3)c2)cc1. The number of hydrogen-bond donors (Lipinski definition) is 2. The lowest BCUT2D eigenvalue weighted by molar-refractivity contribution is -0.114. The van der Waals surface area contributed by atoms with Crippen LogP contribution < -0.4 is 20.1 Å². The topological polar surface area (TPSA) is 59.6 Å². The first-order valence-electron chi connectivity index (χ1n) is 10.3. The zero-order valence-corrected chi connectivity index (χ0v) is 17.3. The van der Waals surface area contributed by atoms with Crippen LogP contribution >= 0.6 is 0 Å². The molecule has 156 valence electrons. The zero-order chi connectivity index (χ0) is 21.0. The minimum atomic E-state index is -0.118. The maximum Gasteiger partial charge on any atom is 0.243 e. The number of hydrogen-bond acceptors (Lipinski definition) is 4. The van der Waals surface area contributed by atoms with Crippen molar-refractivity contribution >= 4 is 17.3 Å². The maximum absolute atomic E-state index is 12.2. The monoisotopic (exact) mass is 404 g/mol. The molecule has 2 N–H and O–H groups in total. The van der Waals surface area contributed by atoms with E-state index in [-0.39, 0.29) is 12.5 Å². The first-order valence-corrected chi connectivity index (χ1v) is 10.3. The Kier molecular flexibility index (Phi) is 8.15. The van der Waals surface area contributed by atoms with Crippen LogP contribution in [0.15, 0.2) is 78.9 Å². The van der Waals surface area contributed by atoms with Crippen molar-refractivity contribution in [3.63, 3.8) is 0 Å². The minimum Gasteiger partial charge on any atom is -0.494 e. The van der Waals surface area contributed by atoms with Crippen LogP contribution in [0.2, 0.25) is 0 Å². The normalized spacial score (nSPS) is 10.3. The Balaban J connectivity index is 1.42. The number of carbonyl (C=O) groups is 1. The highest BCUT2D eigenvalue weighted by Gasteiger charge is 2.04. The van der Waals surface area contributed by atoms with Crippen molar-refractivity contribution < 1.29 is 14.3 Å². The van der Waals surface area contributed by atoms with Crippen molar-refractivity contribution in [3.8, 4) is 11.5 Å². The number of amides is 1. The quantitative estimate of drug-likeness (QED) is 0.464. The zero-order valence-electron chi connectivity index (χ0n) is 17.3. The van der Waals surface area contributed by atoms with Gasteiger partial charge < -0.3 is 20.1 Å². The summed E-state index contributed by atoms with van der Waals surface area (Å²) in [5.41, 5.74) is 2.82. The van der Waals surface area contributed by atoms with E-state index in [2.05, 4.69) is 29.7 Å². The van der Waals surface area contributed by atoms with Gasteiger partial charge >= 0.3 is 0 Å². The molecule has 0 aliphatic rings. The summed E-state index contributed by atoms with van der Waals surface area (Å²) in [4.78, 5) is 12.2. The second-order valence-corrected chi connectivity index (χ2v) is 6.89. The fraction of sp³-hybridized carbons (Fsp3) is 0.240. The van der Waals surface area contributed by atoms with Crippen LogP contribution in [0, 0.1) is 0 Å². The van der Waals surface area contributed by atoms with Crippen molar-refractivity contribution in [1.29, 1.82) is 0 Å². The van der Waals surface area contributed by atoms with Crippen molar-refractivity contribution in [2.45, 2.75) is 19.8 Å². The summed E-state index contributed by atoms with van der Waals surface area (Å²) in [6.45, 7) is 3.52. The third-order valence-corrected chi connectivity index (χ3v) is 4.40. The molecule has 5 heteroatoms. The molecule has 0 aromatic heterocycles. The molecule has 0 aliphatic carbocycles. The second kappa shape index (κ2) is 11.5. The molecular formula is C25H28N2O3. The molecule has 0 spiro atoms. The van der Waals surface area contributed by atoms with Gasteiger partial charge in [-0.1, -0.05) is 43.3 Å². The van der Waals surface area contributed by atoms with Gasteiger partial charge in [-0.25, -0.2) is 0 Å². The number of ether oxygens (including phenoxy) is 2. The highest BCUT2D eigenvalue weighted by Crippen LogP contribution is 2.18. The van der Waals surface area contributed by atoms with E-state index in [1.807, 2.05) is 66.7 Å². The van der Waals surface area contributed by atoms with Crippen LogP contribution in [-0.2, 0) is 11.2 Å². The average molecular weight is 405 g/mol. The molecular weight excluding hydrogens is 376 g/mol. The third kappa shape index (κ3) is 7.17. The first kappa shape index (κ1) is 21.2. The predicted octanol–water partition coefficient (Wildman–Crippen LogP) is 5.15. The Labute approximate surface area is 178 Å². The van der Waals surface area contributed by atoms with Gasteiger partial charge in [0.2, 0.25) is 5.91 Å². The van der Waals surface area contributed by atoms with Crippen molar-refractivity contribution in [2.24, 2.45) is 0 Å². The lowest BCUT2D eigenvalue weighted by Crippen LogP contribution is -2.21. The van der Waals surface area contributed by atoms with Gasteiger partial charge in [-0.3, -0.25) is 4.79 Å². The van der Waals surface area contributed by atoms with E-state index < -0.39 is 0 Å². The van der Waals surface area contributed by atoms with E-state index >= 15 is 0 Å². The standard InChI is InChI=1S/C25H28N2O3/c1-2-16-29-23-13-11-21(12-14-23)27-25(28)19-26-22-9-6-10-24(18-22)30-17-15-20-7-4-3-5-8-20/h3-14,18,26H,2,15-17,19H2,1H3,(H,27,28). The number of rotatable bonds is 11. The van der Waals surface area contributed by atoms with Gasteiger partial charge in [-0.2, -0.15) is 0 Å². The highest BCUT2D eigenvalue weighted by molar-refractivity contribution is 5.93. The molecule has 3 aromatic carbocycles. The molecule has 0 saturated carbocycles. The van der Waals surface area contributed by atoms with Gasteiger partial charge in [-0.15, -0.1) is 0 Å². The Morgan fingerprint density at radius 3 is 2.33 bits per heavy atom. The molecule has 0 atom stereocenters. The van der Waals surface area contributed by atoms with Gasteiger partial charge in [0.05, 0.1) is 19.8 Å². The lowest BCUT2D eigenvalue weighted by Gasteiger charge is -2.11. The average Bonchev–Trinajstić information content (AvgIpc) is 2.78. The lowest BCUT2D eigenvalue weighted by atomic mass is 10.2. The Hall–Kier alpha value is -3.47. The third-order valence-electron chi connectivity index (χ3n) is 4.40. The Bertz CT molecular complexity index is 911. The summed E-state index contributed by atoms with van der Waals surface area (Å²) in [5, 5.41) is 6.01. The first-order chi connectivity index (χ1) is 14.7. The van der Waals surface area contributed by atoms with E-state index in [1.54, 1.807) is 0 Å². The summed E-state index contributed by atoms with van der Waals surface area (Å²) >= 11 is 0. The van der Waals surface area contributed by atoms with Crippen molar-refractivity contribution in [2.75, 3.05) is 30.4 Å². The van der Waals surface area contributed by atoms with Crippen LogP contribution in [0.5, 0.6) is 11.5 Å². The van der Waals surface area contributed by atoms with E-state index in [9.17, 15) is 4.79 Å². The number of nitrogens with one attached hydrogen (secondary N) is 2. The molecule has 0 aliphatic heterocycles. The molecule has 0 fully saturated rings. The molecule has 0 unspecified atom stereocenters. The van der Waals surface area contributed by atoms with Crippen molar-refractivity contribution in [1.82, 2.24) is 0 Å². The fourth-order valence-corrected chi connectivity index (χ4v) is 2.87. The number of carbonyl (C=O) groups excluding carboxylic acids is 1. The van der Waals surface area contributed by atoms with Crippen molar-refractivity contribution in [3.05, 3.63) is 84.4 Å². The van der Waals surface area contributed by atoms with Crippen LogP contribution in [0.25, 0.3) is 0 Å². The van der Waals surface area contributed by atoms with E-state index in [0.29, 0.717) is 13.2 Å². The van der Waals surface area contributed by atoms with Gasteiger partial charge in [0.15, 0.2) is 0 Å². The van der Waals surface area contributed by atoms with Gasteiger partial charge in [-0.05, 0) is 48.4 Å². The molecule has 0 radical (unpaired) electrons. The van der Waals surface area contributed by atoms with Crippen LogP contribution in [0.3, 0.4) is 0 Å². The summed E-state index contributed by atoms with van der Waals surface area (Å²) in [6, 6.07) is 25.3. The molecule has 3 aromatic rings. The predicted molar refractivity (Wildman–Crippen MR) is 121 cm³/mol. The van der Waals surface area contributed by atoms with Gasteiger partial charge in [0, 0.05) is 23.9 Å². The molecule has 30 heavy (non-hydrogen) atoms. The molecule has 3 rings (SSSR count). The largest absolute Gasteiger partial charge is 0.494 e. The highest BCUT2D eigenvalue weighted by atomic mass is 16.5. The molecule has 0 heterocycles. The number of anilines is 2. The smallest absolute Gasteiger partial charge is 0.243 e. The summed E-state index contributed by atoms with van der Waals surface area (Å²) in [7, 11) is 0. The maximum atomic E-state index is 12.2. The van der Waals surface area contributed by atoms with Gasteiger partial charge in [0.1, 0.15) is 11.5 Å². The molecule has 5 nitrogen and oxygen atoms in total. The van der Waals surface area contributed by atoms with Gasteiger partial charge in [0.25, 0.3) is 0 Å². The van der Waals surface area contributed by atoms with E-state index in [0.717, 1.165) is 35.7 Å². The van der Waals surface area contributed by atoms with Crippen LogP contribution in [0.4, 0.5) is 11.4 Å². The minimum absolute atomic E-state index is 0.118. The summed E-state index contributed by atoms with van der Waals surface area (Å²) in [5.74, 6) is 1.46. The molecule has 0 bridgehead atoms. The Morgan fingerprint density at radius 1 is 0.800 bits per heavy atom. The Morgan fingerprint density at radius 2 is 1.57 bits per heavy atom. The van der Waals surface area contributed by atoms with E-state index in [4.69, 9.17) is 9.47 Å². The van der Waals surface area contributed by atoms with Crippen LogP contribution in [-0.4, -0.2) is 25.7 Å². The fourth-order valence-electron chi connectivity index (χ4n) is 2.87. The van der Waals surface area contributed by atoms with E-state index in [1.165, 1.54) is 5.56 Å². The second-order valence-electron chi connectivity index (χ2n) is 6.89.